The van der Waals surface area contributed by atoms with Crippen LogP contribution in [0.25, 0.3) is 5.69 Å². The van der Waals surface area contributed by atoms with E-state index >= 15 is 0 Å². The van der Waals surface area contributed by atoms with Gasteiger partial charge >= 0.3 is 12.1 Å². The van der Waals surface area contributed by atoms with Crippen LogP contribution in [0, 0.1) is 13.8 Å². The van der Waals surface area contributed by atoms with Crippen molar-refractivity contribution in [3.63, 3.8) is 0 Å². The van der Waals surface area contributed by atoms with E-state index in [1.807, 2.05) is 30.5 Å². The minimum Gasteiger partial charge on any atom is -0.452 e. The highest BCUT2D eigenvalue weighted by atomic mass is 35.5. The molecular formula is C22H18ClF3N2O3. The number of hydrogen-bond donors (Lipinski definition) is 1. The van der Waals surface area contributed by atoms with Gasteiger partial charge < -0.3 is 14.6 Å². The molecule has 0 saturated carbocycles. The lowest BCUT2D eigenvalue weighted by molar-refractivity contribution is -0.137. The van der Waals surface area contributed by atoms with E-state index in [1.165, 1.54) is 6.07 Å². The van der Waals surface area contributed by atoms with Crippen LogP contribution in [0.5, 0.6) is 0 Å². The molecule has 3 rings (SSSR count). The van der Waals surface area contributed by atoms with Crippen LogP contribution >= 0.6 is 11.6 Å². The second kappa shape index (κ2) is 8.85. The summed E-state index contributed by atoms with van der Waals surface area (Å²) < 4.78 is 46.2. The van der Waals surface area contributed by atoms with Crippen molar-refractivity contribution in [2.75, 3.05) is 11.9 Å². The molecule has 1 amide bonds. The van der Waals surface area contributed by atoms with Crippen LogP contribution in [0.15, 0.2) is 54.6 Å². The number of nitrogens with one attached hydrogen (secondary N) is 1. The monoisotopic (exact) mass is 450 g/mol. The number of benzene rings is 2. The average molecular weight is 451 g/mol. The SMILES string of the molecule is Cc1ccc(C)n1-c1ccc(C(=O)OCC(=O)Nc2c(Cl)cccc2C(F)(F)F)cc1. The van der Waals surface area contributed by atoms with Crippen LogP contribution in [0.3, 0.4) is 0 Å². The number of para-hydroxylation sites is 1. The molecule has 1 N–H and O–H groups in total. The molecule has 31 heavy (non-hydrogen) atoms. The molecule has 0 aliphatic rings. The predicted molar refractivity (Wildman–Crippen MR) is 111 cm³/mol. The Kier molecular flexibility index (Phi) is 6.40. The summed E-state index contributed by atoms with van der Waals surface area (Å²) in [6, 6.07) is 13.6. The van der Waals surface area contributed by atoms with Crippen LogP contribution in [0.1, 0.15) is 27.3 Å². The Morgan fingerprint density at radius 1 is 1.00 bits per heavy atom. The van der Waals surface area contributed by atoms with E-state index in [1.54, 1.807) is 24.3 Å². The molecule has 0 spiro atoms. The Hall–Kier alpha value is -3.26. The zero-order valence-electron chi connectivity index (χ0n) is 16.6. The van der Waals surface area contributed by atoms with E-state index in [0.717, 1.165) is 29.2 Å². The van der Waals surface area contributed by atoms with Gasteiger partial charge in [-0.25, -0.2) is 4.79 Å². The van der Waals surface area contributed by atoms with Crippen molar-refractivity contribution in [1.82, 2.24) is 4.57 Å². The number of rotatable bonds is 5. The maximum absolute atomic E-state index is 13.1. The second-order valence-corrected chi connectivity index (χ2v) is 7.19. The van der Waals surface area contributed by atoms with E-state index in [4.69, 9.17) is 16.3 Å². The topological polar surface area (TPSA) is 60.3 Å². The molecule has 0 radical (unpaired) electrons. The zero-order valence-corrected chi connectivity index (χ0v) is 17.3. The number of aromatic nitrogens is 1. The summed E-state index contributed by atoms with van der Waals surface area (Å²) >= 11 is 5.79. The van der Waals surface area contributed by atoms with Crippen molar-refractivity contribution >= 4 is 29.2 Å². The van der Waals surface area contributed by atoms with Gasteiger partial charge in [-0.15, -0.1) is 0 Å². The number of carbonyl (C=O) groups is 2. The van der Waals surface area contributed by atoms with Gasteiger partial charge in [0, 0.05) is 17.1 Å². The predicted octanol–water partition coefficient (Wildman–Crippen LogP) is 5.56. The standard InChI is InChI=1S/C22H18ClF3N2O3/c1-13-6-7-14(2)28(13)16-10-8-15(9-11-16)21(30)31-12-19(29)27-20-17(22(24,25)26)4-3-5-18(20)23/h3-11H,12H2,1-2H3,(H,27,29). The van der Waals surface area contributed by atoms with Gasteiger partial charge in [-0.2, -0.15) is 13.2 Å². The smallest absolute Gasteiger partial charge is 0.418 e. The van der Waals surface area contributed by atoms with Crippen LogP contribution in [-0.2, 0) is 15.7 Å². The van der Waals surface area contributed by atoms with Gasteiger partial charge in [-0.3, -0.25) is 4.79 Å². The molecule has 0 unspecified atom stereocenters. The van der Waals surface area contributed by atoms with Crippen LogP contribution < -0.4 is 5.32 Å². The molecule has 0 aliphatic heterocycles. The Morgan fingerprint density at radius 3 is 2.19 bits per heavy atom. The summed E-state index contributed by atoms with van der Waals surface area (Å²) in [4.78, 5) is 24.3. The van der Waals surface area contributed by atoms with Crippen molar-refractivity contribution < 1.29 is 27.5 Å². The second-order valence-electron chi connectivity index (χ2n) is 6.78. The lowest BCUT2D eigenvalue weighted by atomic mass is 10.1. The number of alkyl halides is 3. The molecule has 162 valence electrons. The van der Waals surface area contributed by atoms with Crippen molar-refractivity contribution in [2.24, 2.45) is 0 Å². The first kappa shape index (κ1) is 22.4. The van der Waals surface area contributed by atoms with Gasteiger partial charge in [0.2, 0.25) is 0 Å². The summed E-state index contributed by atoms with van der Waals surface area (Å²) in [5, 5.41) is 1.78. The van der Waals surface area contributed by atoms with Gasteiger partial charge in [0.15, 0.2) is 6.61 Å². The van der Waals surface area contributed by atoms with Crippen molar-refractivity contribution in [2.45, 2.75) is 20.0 Å². The molecule has 0 atom stereocenters. The Balaban J connectivity index is 1.65. The third kappa shape index (κ3) is 5.08. The first-order chi connectivity index (χ1) is 14.6. The number of nitrogens with zero attached hydrogens (tertiary/aromatic N) is 1. The van der Waals surface area contributed by atoms with Crippen LogP contribution in [-0.4, -0.2) is 23.1 Å². The third-order valence-electron chi connectivity index (χ3n) is 4.55. The largest absolute Gasteiger partial charge is 0.452 e. The fourth-order valence-corrected chi connectivity index (χ4v) is 3.32. The number of esters is 1. The highest BCUT2D eigenvalue weighted by Gasteiger charge is 2.34. The minimum absolute atomic E-state index is 0.202. The van der Waals surface area contributed by atoms with E-state index in [-0.39, 0.29) is 10.6 Å². The highest BCUT2D eigenvalue weighted by molar-refractivity contribution is 6.34. The van der Waals surface area contributed by atoms with Gasteiger partial charge in [0.05, 0.1) is 21.8 Å². The number of halogens is 4. The van der Waals surface area contributed by atoms with Crippen LogP contribution in [0.4, 0.5) is 18.9 Å². The van der Waals surface area contributed by atoms with Gasteiger partial charge in [-0.05, 0) is 62.4 Å². The maximum Gasteiger partial charge on any atom is 0.418 e. The minimum atomic E-state index is -4.71. The van der Waals surface area contributed by atoms with Crippen molar-refractivity contribution in [3.8, 4) is 5.69 Å². The Morgan fingerprint density at radius 2 is 1.61 bits per heavy atom. The fourth-order valence-electron chi connectivity index (χ4n) is 3.10. The number of anilines is 1. The van der Waals surface area contributed by atoms with E-state index in [9.17, 15) is 22.8 Å². The maximum atomic E-state index is 13.1. The molecule has 0 saturated heterocycles. The normalized spacial score (nSPS) is 11.3. The van der Waals surface area contributed by atoms with Crippen molar-refractivity contribution in [1.29, 1.82) is 0 Å². The van der Waals surface area contributed by atoms with E-state index < -0.39 is 35.9 Å². The summed E-state index contributed by atoms with van der Waals surface area (Å²) in [5.41, 5.74) is 1.44. The number of carbonyl (C=O) groups excluding carboxylic acids is 2. The van der Waals surface area contributed by atoms with Gasteiger partial charge in [-0.1, -0.05) is 17.7 Å². The molecule has 2 aromatic carbocycles. The number of aryl methyl sites for hydroxylation is 2. The van der Waals surface area contributed by atoms with E-state index in [2.05, 4.69) is 5.32 Å². The lowest BCUT2D eigenvalue weighted by Gasteiger charge is -2.15. The number of amides is 1. The van der Waals surface area contributed by atoms with Crippen LogP contribution in [0.2, 0.25) is 5.02 Å². The third-order valence-corrected chi connectivity index (χ3v) is 4.87. The lowest BCUT2D eigenvalue weighted by Crippen LogP contribution is -2.23. The molecule has 0 aliphatic carbocycles. The fraction of sp³-hybridized carbons (Fsp3) is 0.182. The molecule has 3 aromatic rings. The quantitative estimate of drug-likeness (QED) is 0.517. The molecule has 0 fully saturated rings. The molecule has 1 aromatic heterocycles. The Bertz CT molecular complexity index is 1100. The summed E-state index contributed by atoms with van der Waals surface area (Å²) in [6.45, 7) is 3.15. The first-order valence-corrected chi connectivity index (χ1v) is 9.54. The van der Waals surface area contributed by atoms with Gasteiger partial charge in [0.1, 0.15) is 0 Å². The summed E-state index contributed by atoms with van der Waals surface area (Å²) in [6.07, 6.45) is -4.71. The Labute approximate surface area is 181 Å². The van der Waals surface area contributed by atoms with E-state index in [0.29, 0.717) is 0 Å². The zero-order chi connectivity index (χ0) is 22.8. The highest BCUT2D eigenvalue weighted by Crippen LogP contribution is 2.38. The molecule has 5 nitrogen and oxygen atoms in total. The molecular weight excluding hydrogens is 433 g/mol. The molecule has 0 bridgehead atoms. The average Bonchev–Trinajstić information content (AvgIpc) is 3.05. The number of hydrogen-bond acceptors (Lipinski definition) is 3. The summed E-state index contributed by atoms with van der Waals surface area (Å²) in [5.74, 6) is -1.72. The molecule has 1 heterocycles. The summed E-state index contributed by atoms with van der Waals surface area (Å²) in [7, 11) is 0. The number of ether oxygens (including phenoxy) is 1. The first-order valence-electron chi connectivity index (χ1n) is 9.16. The molecule has 9 heteroatoms. The van der Waals surface area contributed by atoms with Crippen molar-refractivity contribution in [3.05, 3.63) is 82.1 Å². The van der Waals surface area contributed by atoms with Gasteiger partial charge in [0.25, 0.3) is 5.91 Å².